The molecule has 0 saturated heterocycles. The van der Waals surface area contributed by atoms with Gasteiger partial charge in [-0.05, 0) is 41.8 Å². The molecule has 1 N–H and O–H groups in total. The number of benzene rings is 4. The normalized spacial score (nSPS) is 18.2. The second-order valence-electron chi connectivity index (χ2n) is 7.90. The van der Waals surface area contributed by atoms with Crippen molar-refractivity contribution in [2.24, 2.45) is 4.99 Å². The summed E-state index contributed by atoms with van der Waals surface area (Å²) in [4.78, 5) is 8.79. The fraction of sp³-hybridized carbons (Fsp3) is 0.0741. The second-order valence-corrected chi connectivity index (χ2v) is 7.90. The molecule has 4 aromatic carbocycles. The van der Waals surface area contributed by atoms with Crippen molar-refractivity contribution in [1.82, 2.24) is 4.98 Å². The molecule has 0 bridgehead atoms. The molecular weight excluding hydrogens is 352 g/mol. The molecule has 5 aromatic rings. The van der Waals surface area contributed by atoms with Crippen molar-refractivity contribution in [2.75, 3.05) is 0 Å². The van der Waals surface area contributed by atoms with Crippen LogP contribution in [0.25, 0.3) is 21.8 Å². The van der Waals surface area contributed by atoms with Gasteiger partial charge in [-0.15, -0.1) is 0 Å². The Morgan fingerprint density at radius 2 is 1.38 bits per heavy atom. The summed E-state index contributed by atoms with van der Waals surface area (Å²) in [5.74, 6) is 0. The van der Waals surface area contributed by atoms with Gasteiger partial charge >= 0.3 is 0 Å². The summed E-state index contributed by atoms with van der Waals surface area (Å²) < 4.78 is 0. The molecule has 1 aliphatic heterocycles. The van der Waals surface area contributed by atoms with E-state index in [1.165, 1.54) is 33.0 Å². The third kappa shape index (κ3) is 2.26. The minimum Gasteiger partial charge on any atom is -0.354 e. The molecule has 6 rings (SSSR count). The van der Waals surface area contributed by atoms with Gasteiger partial charge in [0.15, 0.2) is 0 Å². The van der Waals surface area contributed by atoms with E-state index in [0.29, 0.717) is 0 Å². The highest BCUT2D eigenvalue weighted by Crippen LogP contribution is 2.48. The molecule has 2 heteroatoms. The van der Waals surface area contributed by atoms with Gasteiger partial charge in [0.25, 0.3) is 0 Å². The van der Waals surface area contributed by atoms with Crippen molar-refractivity contribution in [3.63, 3.8) is 0 Å². The first-order valence-corrected chi connectivity index (χ1v) is 10.0. The molecule has 2 nitrogen and oxygen atoms in total. The van der Waals surface area contributed by atoms with Gasteiger partial charge < -0.3 is 4.98 Å². The Hall–Kier alpha value is -3.65. The molecular formula is C27H20N2. The lowest BCUT2D eigenvalue weighted by atomic mass is 9.71. The van der Waals surface area contributed by atoms with Gasteiger partial charge in [0.05, 0.1) is 16.8 Å². The lowest BCUT2D eigenvalue weighted by Gasteiger charge is -2.29. The third-order valence-electron chi connectivity index (χ3n) is 6.27. The first kappa shape index (κ1) is 16.3. The van der Waals surface area contributed by atoms with Crippen molar-refractivity contribution in [3.05, 3.63) is 114 Å². The van der Waals surface area contributed by atoms with E-state index in [2.05, 4.69) is 109 Å². The van der Waals surface area contributed by atoms with E-state index in [0.717, 1.165) is 16.9 Å². The molecule has 0 spiro atoms. The van der Waals surface area contributed by atoms with Crippen molar-refractivity contribution < 1.29 is 0 Å². The first-order valence-electron chi connectivity index (χ1n) is 10.0. The van der Waals surface area contributed by atoms with Gasteiger partial charge in [-0.2, -0.15) is 0 Å². The van der Waals surface area contributed by atoms with Crippen LogP contribution < -0.4 is 0 Å². The number of hydrogen-bond donors (Lipinski definition) is 1. The number of para-hydroxylation sites is 1. The van der Waals surface area contributed by atoms with Crippen LogP contribution in [0.5, 0.6) is 0 Å². The lowest BCUT2D eigenvalue weighted by molar-refractivity contribution is 0.795. The topological polar surface area (TPSA) is 28.1 Å². The summed E-state index contributed by atoms with van der Waals surface area (Å²) in [6.45, 7) is 2.30. The number of hydrogen-bond acceptors (Lipinski definition) is 1. The van der Waals surface area contributed by atoms with Crippen LogP contribution in [0, 0.1) is 0 Å². The highest BCUT2D eigenvalue weighted by atomic mass is 14.8. The Morgan fingerprint density at radius 1 is 0.690 bits per heavy atom. The zero-order valence-corrected chi connectivity index (χ0v) is 16.2. The summed E-state index contributed by atoms with van der Waals surface area (Å²) in [5.41, 5.74) is 7.88. The molecule has 29 heavy (non-hydrogen) atoms. The van der Waals surface area contributed by atoms with Crippen LogP contribution >= 0.6 is 0 Å². The van der Waals surface area contributed by atoms with Crippen LogP contribution in [0.4, 0.5) is 5.69 Å². The maximum Gasteiger partial charge on any atom is 0.0686 e. The smallest absolute Gasteiger partial charge is 0.0686 e. The molecule has 0 amide bonds. The quantitative estimate of drug-likeness (QED) is 0.354. The number of aliphatic imine (C=N–C) groups is 1. The minimum atomic E-state index is -0.302. The zero-order chi connectivity index (χ0) is 19.4. The van der Waals surface area contributed by atoms with Crippen molar-refractivity contribution >= 4 is 33.2 Å². The van der Waals surface area contributed by atoms with E-state index in [9.17, 15) is 0 Å². The Labute approximate surface area is 169 Å². The van der Waals surface area contributed by atoms with Crippen molar-refractivity contribution in [1.29, 1.82) is 0 Å². The molecule has 2 heterocycles. The van der Waals surface area contributed by atoms with Gasteiger partial charge in [0.2, 0.25) is 0 Å². The van der Waals surface area contributed by atoms with Gasteiger partial charge in [-0.25, -0.2) is 0 Å². The van der Waals surface area contributed by atoms with Crippen molar-refractivity contribution in [2.45, 2.75) is 12.3 Å². The second kappa shape index (κ2) is 5.92. The highest BCUT2D eigenvalue weighted by Gasteiger charge is 2.41. The number of fused-ring (bicyclic) bond motifs is 4. The van der Waals surface area contributed by atoms with Gasteiger partial charge in [0.1, 0.15) is 0 Å². The standard InChI is InChI=1S/C27H20N2/c1-27(19-12-6-3-7-13-19)22-17-24-21(20-14-8-9-15-23(20)28-24)16-25(22)29-26(27)18-10-4-2-5-11-18/h2-17,28H,1H3. The fourth-order valence-electron chi connectivity index (χ4n) is 4.75. The fourth-order valence-corrected chi connectivity index (χ4v) is 4.75. The minimum absolute atomic E-state index is 0.302. The van der Waals surface area contributed by atoms with E-state index in [4.69, 9.17) is 4.99 Å². The van der Waals surface area contributed by atoms with E-state index < -0.39 is 0 Å². The molecule has 1 aromatic heterocycles. The Morgan fingerprint density at radius 3 is 2.17 bits per heavy atom. The summed E-state index contributed by atoms with van der Waals surface area (Å²) in [6.07, 6.45) is 0. The van der Waals surface area contributed by atoms with E-state index in [-0.39, 0.29) is 5.41 Å². The molecule has 0 saturated carbocycles. The SMILES string of the molecule is CC1(c2ccccc2)C(c2ccccc2)=Nc2cc3c(cc21)[nH]c1ccccc13. The van der Waals surface area contributed by atoms with Crippen LogP contribution in [0.2, 0.25) is 0 Å². The average molecular weight is 372 g/mol. The molecule has 0 aliphatic carbocycles. The number of aromatic nitrogens is 1. The largest absolute Gasteiger partial charge is 0.354 e. The number of H-pyrrole nitrogens is 1. The van der Waals surface area contributed by atoms with E-state index in [1.807, 2.05) is 0 Å². The lowest BCUT2D eigenvalue weighted by Crippen LogP contribution is -2.31. The van der Waals surface area contributed by atoms with Gasteiger partial charge in [-0.1, -0.05) is 78.9 Å². The predicted molar refractivity (Wildman–Crippen MR) is 121 cm³/mol. The van der Waals surface area contributed by atoms with Gasteiger partial charge in [-0.3, -0.25) is 4.99 Å². The Balaban J connectivity index is 1.68. The summed E-state index contributed by atoms with van der Waals surface area (Å²) in [6, 6.07) is 34.3. The maximum absolute atomic E-state index is 5.19. The summed E-state index contributed by atoms with van der Waals surface area (Å²) in [5, 5.41) is 2.47. The average Bonchev–Trinajstić information content (AvgIpc) is 3.29. The molecule has 1 unspecified atom stereocenters. The maximum atomic E-state index is 5.19. The van der Waals surface area contributed by atoms with Crippen LogP contribution in [0.15, 0.2) is 102 Å². The number of aromatic amines is 1. The first-order chi connectivity index (χ1) is 14.2. The molecule has 1 aliphatic rings. The van der Waals surface area contributed by atoms with Crippen LogP contribution in [0.1, 0.15) is 23.6 Å². The molecule has 0 fully saturated rings. The van der Waals surface area contributed by atoms with E-state index in [1.54, 1.807) is 0 Å². The van der Waals surface area contributed by atoms with E-state index >= 15 is 0 Å². The molecule has 138 valence electrons. The number of nitrogens with zero attached hydrogens (tertiary/aromatic N) is 1. The van der Waals surface area contributed by atoms with Crippen LogP contribution in [-0.4, -0.2) is 10.7 Å². The Bertz CT molecular complexity index is 1390. The third-order valence-corrected chi connectivity index (χ3v) is 6.27. The van der Waals surface area contributed by atoms with Crippen molar-refractivity contribution in [3.8, 4) is 0 Å². The molecule has 0 radical (unpaired) electrons. The predicted octanol–water partition coefficient (Wildman–Crippen LogP) is 6.76. The summed E-state index contributed by atoms with van der Waals surface area (Å²) in [7, 11) is 0. The zero-order valence-electron chi connectivity index (χ0n) is 16.2. The number of rotatable bonds is 2. The van der Waals surface area contributed by atoms with Gasteiger partial charge in [0, 0.05) is 21.8 Å². The monoisotopic (exact) mass is 372 g/mol. The van der Waals surface area contributed by atoms with Crippen LogP contribution in [-0.2, 0) is 5.41 Å². The highest BCUT2D eigenvalue weighted by molar-refractivity contribution is 6.17. The van der Waals surface area contributed by atoms with Crippen LogP contribution in [0.3, 0.4) is 0 Å². The summed E-state index contributed by atoms with van der Waals surface area (Å²) >= 11 is 0. The molecule has 1 atom stereocenters. The Kier molecular flexibility index (Phi) is 3.33. The number of nitrogens with one attached hydrogen (secondary N) is 1.